The van der Waals surface area contributed by atoms with E-state index in [2.05, 4.69) is 27.9 Å². The molecule has 6 nitrogen and oxygen atoms in total. The van der Waals surface area contributed by atoms with Crippen molar-refractivity contribution in [2.75, 3.05) is 6.54 Å². The van der Waals surface area contributed by atoms with E-state index >= 15 is 0 Å². The molecule has 0 saturated heterocycles. The van der Waals surface area contributed by atoms with Crippen LogP contribution in [0.2, 0.25) is 0 Å². The molecule has 2 amide bonds. The summed E-state index contributed by atoms with van der Waals surface area (Å²) < 4.78 is 1.94. The monoisotopic (exact) mass is 336 g/mol. The van der Waals surface area contributed by atoms with Crippen LogP contribution in [0.3, 0.4) is 0 Å². The predicted molar refractivity (Wildman–Crippen MR) is 95.8 cm³/mol. The number of hydrogen-bond donors (Lipinski definition) is 2. The number of carbonyl (C=O) groups is 2. The first-order valence-corrected chi connectivity index (χ1v) is 8.13. The minimum absolute atomic E-state index is 0.0298. The molecule has 25 heavy (non-hydrogen) atoms. The topological polar surface area (TPSA) is 76.0 Å². The highest BCUT2D eigenvalue weighted by Crippen LogP contribution is 2.19. The van der Waals surface area contributed by atoms with Gasteiger partial charge in [-0.3, -0.25) is 14.3 Å². The van der Waals surface area contributed by atoms with Gasteiger partial charge in [-0.15, -0.1) is 0 Å². The van der Waals surface area contributed by atoms with Gasteiger partial charge in [-0.05, 0) is 11.6 Å². The number of hydrogen-bond acceptors (Lipinski definition) is 3. The summed E-state index contributed by atoms with van der Waals surface area (Å²) in [5.41, 5.74) is 3.00. The Morgan fingerprint density at radius 2 is 1.72 bits per heavy atom. The zero-order valence-corrected chi connectivity index (χ0v) is 14.0. The molecule has 0 fully saturated rings. The number of nitrogens with one attached hydrogen (secondary N) is 2. The number of rotatable bonds is 6. The fourth-order valence-corrected chi connectivity index (χ4v) is 2.65. The summed E-state index contributed by atoms with van der Waals surface area (Å²) in [6.07, 6.45) is 0. The van der Waals surface area contributed by atoms with E-state index in [-0.39, 0.29) is 18.4 Å². The Bertz CT molecular complexity index is 887. The Labute approximate surface area is 145 Å². The van der Waals surface area contributed by atoms with Crippen molar-refractivity contribution in [1.29, 1.82) is 0 Å². The number of carbonyl (C=O) groups excluding carboxylic acids is 2. The van der Waals surface area contributed by atoms with Gasteiger partial charge in [-0.25, -0.2) is 0 Å². The number of aromatic nitrogens is 2. The zero-order chi connectivity index (χ0) is 17.6. The smallest absolute Gasteiger partial charge is 0.239 e. The van der Waals surface area contributed by atoms with Gasteiger partial charge in [0.1, 0.15) is 0 Å². The average Bonchev–Trinajstić information content (AvgIpc) is 2.97. The molecule has 0 atom stereocenters. The Morgan fingerprint density at radius 1 is 1.00 bits per heavy atom. The molecule has 0 aliphatic rings. The molecule has 3 aromatic rings. The van der Waals surface area contributed by atoms with Gasteiger partial charge in [0.25, 0.3) is 0 Å². The molecule has 0 bridgehead atoms. The SMILES string of the molecule is CC(=O)NCC(=O)NCc1nn(Cc2ccccc2)c2ccccc12. The van der Waals surface area contributed by atoms with Gasteiger partial charge in [-0.2, -0.15) is 5.10 Å². The van der Waals surface area contributed by atoms with E-state index in [0.717, 1.165) is 22.2 Å². The number of amides is 2. The van der Waals surface area contributed by atoms with Crippen LogP contribution in [0.1, 0.15) is 18.2 Å². The van der Waals surface area contributed by atoms with Crippen LogP contribution < -0.4 is 10.6 Å². The second-order valence-corrected chi connectivity index (χ2v) is 5.79. The summed E-state index contributed by atoms with van der Waals surface area (Å²) in [4.78, 5) is 22.7. The van der Waals surface area contributed by atoms with E-state index < -0.39 is 0 Å². The number of fused-ring (bicyclic) bond motifs is 1. The number of benzene rings is 2. The molecule has 0 saturated carbocycles. The fourth-order valence-electron chi connectivity index (χ4n) is 2.65. The lowest BCUT2D eigenvalue weighted by Gasteiger charge is -2.04. The molecule has 0 unspecified atom stereocenters. The highest BCUT2D eigenvalue weighted by molar-refractivity contribution is 5.85. The molecule has 2 aromatic carbocycles. The number of nitrogens with zero attached hydrogens (tertiary/aromatic N) is 2. The first-order valence-electron chi connectivity index (χ1n) is 8.13. The summed E-state index contributed by atoms with van der Waals surface area (Å²) in [7, 11) is 0. The van der Waals surface area contributed by atoms with Crippen LogP contribution in [-0.2, 0) is 22.7 Å². The maximum atomic E-state index is 11.8. The summed E-state index contributed by atoms with van der Waals surface area (Å²) in [5, 5.41) is 11.0. The van der Waals surface area contributed by atoms with Crippen molar-refractivity contribution < 1.29 is 9.59 Å². The lowest BCUT2D eigenvalue weighted by Crippen LogP contribution is -2.35. The van der Waals surface area contributed by atoms with Gasteiger partial charge in [0.05, 0.1) is 30.8 Å². The Morgan fingerprint density at radius 3 is 2.48 bits per heavy atom. The third kappa shape index (κ3) is 4.23. The Kier molecular flexibility index (Phi) is 5.09. The molecular weight excluding hydrogens is 316 g/mol. The second kappa shape index (κ2) is 7.61. The van der Waals surface area contributed by atoms with Crippen LogP contribution in [0.15, 0.2) is 54.6 Å². The Hall–Kier alpha value is -3.15. The molecule has 0 aliphatic carbocycles. The van der Waals surface area contributed by atoms with Gasteiger partial charge >= 0.3 is 0 Å². The molecule has 3 rings (SSSR count). The van der Waals surface area contributed by atoms with E-state index in [0.29, 0.717) is 13.1 Å². The molecule has 1 aromatic heterocycles. The number of para-hydroxylation sites is 1. The van der Waals surface area contributed by atoms with Gasteiger partial charge in [0.15, 0.2) is 0 Å². The summed E-state index contributed by atoms with van der Waals surface area (Å²) in [6.45, 7) is 2.34. The van der Waals surface area contributed by atoms with Crippen molar-refractivity contribution in [2.24, 2.45) is 0 Å². The van der Waals surface area contributed by atoms with Crippen LogP contribution in [-0.4, -0.2) is 28.1 Å². The molecule has 2 N–H and O–H groups in total. The minimum atomic E-state index is -0.239. The van der Waals surface area contributed by atoms with Gasteiger partial charge in [0.2, 0.25) is 11.8 Å². The van der Waals surface area contributed by atoms with Crippen molar-refractivity contribution in [3.05, 3.63) is 65.9 Å². The van der Waals surface area contributed by atoms with Crippen molar-refractivity contribution >= 4 is 22.7 Å². The quantitative estimate of drug-likeness (QED) is 0.721. The maximum Gasteiger partial charge on any atom is 0.239 e. The molecule has 0 aliphatic heterocycles. The van der Waals surface area contributed by atoms with E-state index in [9.17, 15) is 9.59 Å². The molecule has 1 heterocycles. The third-order valence-electron chi connectivity index (χ3n) is 3.86. The van der Waals surface area contributed by atoms with Crippen molar-refractivity contribution in [1.82, 2.24) is 20.4 Å². The lowest BCUT2D eigenvalue weighted by atomic mass is 10.2. The van der Waals surface area contributed by atoms with E-state index in [4.69, 9.17) is 0 Å². The van der Waals surface area contributed by atoms with Gasteiger partial charge in [-0.1, -0.05) is 48.5 Å². The van der Waals surface area contributed by atoms with Gasteiger partial charge in [0, 0.05) is 12.3 Å². The van der Waals surface area contributed by atoms with Crippen LogP contribution in [0.4, 0.5) is 0 Å². The Balaban J connectivity index is 1.77. The largest absolute Gasteiger partial charge is 0.349 e. The first kappa shape index (κ1) is 16.7. The van der Waals surface area contributed by atoms with Crippen LogP contribution in [0.5, 0.6) is 0 Å². The molecule has 0 radical (unpaired) electrons. The molecule has 6 heteroatoms. The maximum absolute atomic E-state index is 11.8. The third-order valence-corrected chi connectivity index (χ3v) is 3.86. The minimum Gasteiger partial charge on any atom is -0.349 e. The van der Waals surface area contributed by atoms with Crippen LogP contribution in [0.25, 0.3) is 10.9 Å². The summed E-state index contributed by atoms with van der Waals surface area (Å²) in [5.74, 6) is -0.468. The fraction of sp³-hybridized carbons (Fsp3) is 0.211. The molecular formula is C19H20N4O2. The van der Waals surface area contributed by atoms with Crippen LogP contribution in [0, 0.1) is 0 Å². The van der Waals surface area contributed by atoms with E-state index in [1.165, 1.54) is 6.92 Å². The highest BCUT2D eigenvalue weighted by Gasteiger charge is 2.11. The van der Waals surface area contributed by atoms with Crippen molar-refractivity contribution in [2.45, 2.75) is 20.0 Å². The lowest BCUT2D eigenvalue weighted by molar-refractivity contribution is -0.125. The molecule has 128 valence electrons. The summed E-state index contributed by atoms with van der Waals surface area (Å²) in [6, 6.07) is 18.1. The second-order valence-electron chi connectivity index (χ2n) is 5.79. The standard InChI is InChI=1S/C19H20N4O2/c1-14(24)20-12-19(25)21-11-17-16-9-5-6-10-18(16)23(22-17)13-15-7-3-2-4-8-15/h2-10H,11-13H2,1H3,(H,20,24)(H,21,25). The van der Waals surface area contributed by atoms with E-state index in [1.807, 2.05) is 47.1 Å². The summed E-state index contributed by atoms with van der Waals surface area (Å²) >= 11 is 0. The van der Waals surface area contributed by atoms with Crippen LogP contribution >= 0.6 is 0 Å². The normalized spacial score (nSPS) is 10.6. The zero-order valence-electron chi connectivity index (χ0n) is 14.0. The average molecular weight is 336 g/mol. The first-order chi connectivity index (χ1) is 12.1. The van der Waals surface area contributed by atoms with Crippen molar-refractivity contribution in [3.8, 4) is 0 Å². The molecule has 0 spiro atoms. The predicted octanol–water partition coefficient (Wildman–Crippen LogP) is 1.84. The van der Waals surface area contributed by atoms with Gasteiger partial charge < -0.3 is 10.6 Å². The highest BCUT2D eigenvalue weighted by atomic mass is 16.2. The van der Waals surface area contributed by atoms with Crippen molar-refractivity contribution in [3.63, 3.8) is 0 Å². The van der Waals surface area contributed by atoms with E-state index in [1.54, 1.807) is 0 Å².